The fourth-order valence-electron chi connectivity index (χ4n) is 2.52. The standard InChI is InChI=1S/C16H23ClFN3O/c1-2-5-19-16(22)12-21-8-6-20(7-9-21)11-13-3-4-14(18)10-15(13)17/h3-4,10H,2,5-9,11-12H2,1H3,(H,19,22). The van der Waals surface area contributed by atoms with Gasteiger partial charge in [0.25, 0.3) is 0 Å². The quantitative estimate of drug-likeness (QED) is 0.869. The molecule has 6 heteroatoms. The van der Waals surface area contributed by atoms with Crippen LogP contribution in [0.2, 0.25) is 5.02 Å². The average Bonchev–Trinajstić information content (AvgIpc) is 2.50. The van der Waals surface area contributed by atoms with Gasteiger partial charge >= 0.3 is 0 Å². The number of carbonyl (C=O) groups is 1. The van der Waals surface area contributed by atoms with Gasteiger partial charge in [0.05, 0.1) is 6.54 Å². The van der Waals surface area contributed by atoms with E-state index in [0.29, 0.717) is 11.6 Å². The smallest absolute Gasteiger partial charge is 0.234 e. The first-order chi connectivity index (χ1) is 10.6. The van der Waals surface area contributed by atoms with Crippen LogP contribution >= 0.6 is 11.6 Å². The maximum atomic E-state index is 13.0. The molecule has 2 rings (SSSR count). The Bertz CT molecular complexity index is 504. The number of hydrogen-bond donors (Lipinski definition) is 1. The van der Waals surface area contributed by atoms with Crippen LogP contribution in [0.4, 0.5) is 4.39 Å². The number of benzene rings is 1. The molecule has 1 fully saturated rings. The number of halogens is 2. The highest BCUT2D eigenvalue weighted by atomic mass is 35.5. The zero-order chi connectivity index (χ0) is 15.9. The van der Waals surface area contributed by atoms with Crippen LogP contribution in [0, 0.1) is 5.82 Å². The summed E-state index contributed by atoms with van der Waals surface area (Å²) in [6, 6.07) is 4.53. The van der Waals surface area contributed by atoms with E-state index in [1.54, 1.807) is 6.07 Å². The summed E-state index contributed by atoms with van der Waals surface area (Å²) in [5.41, 5.74) is 0.942. The predicted molar refractivity (Wildman–Crippen MR) is 86.4 cm³/mol. The van der Waals surface area contributed by atoms with Crippen molar-refractivity contribution in [1.82, 2.24) is 15.1 Å². The second-order valence-corrected chi connectivity index (χ2v) is 6.05. The van der Waals surface area contributed by atoms with Crippen LogP contribution in [-0.2, 0) is 11.3 Å². The Morgan fingerprint density at radius 2 is 1.95 bits per heavy atom. The molecule has 0 atom stereocenters. The Morgan fingerprint density at radius 1 is 1.27 bits per heavy atom. The topological polar surface area (TPSA) is 35.6 Å². The molecule has 0 aliphatic carbocycles. The van der Waals surface area contributed by atoms with Crippen molar-refractivity contribution in [1.29, 1.82) is 0 Å². The van der Waals surface area contributed by atoms with Crippen LogP contribution in [0.25, 0.3) is 0 Å². The number of amides is 1. The monoisotopic (exact) mass is 327 g/mol. The van der Waals surface area contributed by atoms with E-state index >= 15 is 0 Å². The molecule has 0 bridgehead atoms. The first-order valence-electron chi connectivity index (χ1n) is 7.74. The van der Waals surface area contributed by atoms with Gasteiger partial charge in [-0.15, -0.1) is 0 Å². The van der Waals surface area contributed by atoms with Crippen molar-refractivity contribution in [3.8, 4) is 0 Å². The largest absolute Gasteiger partial charge is 0.355 e. The zero-order valence-electron chi connectivity index (χ0n) is 12.9. The van der Waals surface area contributed by atoms with Crippen LogP contribution < -0.4 is 5.32 Å². The normalized spacial score (nSPS) is 16.7. The maximum absolute atomic E-state index is 13.0. The van der Waals surface area contributed by atoms with Gasteiger partial charge in [-0.3, -0.25) is 14.6 Å². The Labute approximate surface area is 136 Å². The molecular formula is C16H23ClFN3O. The summed E-state index contributed by atoms with van der Waals surface area (Å²) in [5.74, 6) is -0.214. The van der Waals surface area contributed by atoms with Gasteiger partial charge in [-0.25, -0.2) is 4.39 Å². The van der Waals surface area contributed by atoms with Gasteiger partial charge in [0.15, 0.2) is 0 Å². The minimum atomic E-state index is -0.309. The second-order valence-electron chi connectivity index (χ2n) is 5.64. The molecule has 122 valence electrons. The molecule has 1 heterocycles. The van der Waals surface area contributed by atoms with Gasteiger partial charge < -0.3 is 5.32 Å². The Kier molecular flexibility index (Phi) is 6.61. The highest BCUT2D eigenvalue weighted by Gasteiger charge is 2.19. The molecule has 22 heavy (non-hydrogen) atoms. The number of piperazine rings is 1. The summed E-state index contributed by atoms with van der Waals surface area (Å²) in [4.78, 5) is 16.1. The first kappa shape index (κ1) is 17.2. The molecule has 1 N–H and O–H groups in total. The lowest BCUT2D eigenvalue weighted by molar-refractivity contribution is -0.122. The van der Waals surface area contributed by atoms with E-state index < -0.39 is 0 Å². The summed E-state index contributed by atoms with van der Waals surface area (Å²) < 4.78 is 13.0. The van der Waals surface area contributed by atoms with Gasteiger partial charge in [-0.1, -0.05) is 24.6 Å². The van der Waals surface area contributed by atoms with Crippen LogP contribution in [0.5, 0.6) is 0 Å². The van der Waals surface area contributed by atoms with Crippen LogP contribution in [-0.4, -0.2) is 55.0 Å². The molecule has 1 aromatic rings. The SMILES string of the molecule is CCCNC(=O)CN1CCN(Cc2ccc(F)cc2Cl)CC1. The van der Waals surface area contributed by atoms with Gasteiger partial charge in [0.1, 0.15) is 5.82 Å². The molecule has 1 amide bonds. The summed E-state index contributed by atoms with van der Waals surface area (Å²) in [5, 5.41) is 3.37. The van der Waals surface area contributed by atoms with Crippen LogP contribution in [0.3, 0.4) is 0 Å². The Morgan fingerprint density at radius 3 is 2.59 bits per heavy atom. The Balaban J connectivity index is 1.76. The molecular weight excluding hydrogens is 305 g/mol. The van der Waals surface area contributed by atoms with E-state index in [0.717, 1.165) is 51.3 Å². The first-order valence-corrected chi connectivity index (χ1v) is 8.11. The molecule has 1 aliphatic rings. The van der Waals surface area contributed by atoms with Crippen molar-refractivity contribution in [2.45, 2.75) is 19.9 Å². The lowest BCUT2D eigenvalue weighted by Crippen LogP contribution is -2.49. The van der Waals surface area contributed by atoms with Crippen molar-refractivity contribution in [2.75, 3.05) is 39.3 Å². The summed E-state index contributed by atoms with van der Waals surface area (Å²) in [7, 11) is 0. The van der Waals surface area contributed by atoms with Gasteiger partial charge in [-0.05, 0) is 24.1 Å². The predicted octanol–water partition coefficient (Wildman–Crippen LogP) is 2.12. The summed E-state index contributed by atoms with van der Waals surface area (Å²) in [6.45, 7) is 7.45. The van der Waals surface area contributed by atoms with Gasteiger partial charge in [0.2, 0.25) is 5.91 Å². The van der Waals surface area contributed by atoms with Crippen molar-refractivity contribution >= 4 is 17.5 Å². The molecule has 1 saturated heterocycles. The zero-order valence-corrected chi connectivity index (χ0v) is 13.7. The van der Waals surface area contributed by atoms with Gasteiger partial charge in [-0.2, -0.15) is 0 Å². The fourth-order valence-corrected chi connectivity index (χ4v) is 2.75. The molecule has 0 saturated carbocycles. The van der Waals surface area contributed by atoms with E-state index in [1.807, 2.05) is 6.92 Å². The molecule has 0 aromatic heterocycles. The maximum Gasteiger partial charge on any atom is 0.234 e. The second kappa shape index (κ2) is 8.46. The third-order valence-corrected chi connectivity index (χ3v) is 4.17. The minimum Gasteiger partial charge on any atom is -0.355 e. The number of nitrogens with zero attached hydrogens (tertiary/aromatic N) is 2. The molecule has 1 aromatic carbocycles. The van der Waals surface area contributed by atoms with Crippen molar-refractivity contribution in [3.63, 3.8) is 0 Å². The van der Waals surface area contributed by atoms with Crippen molar-refractivity contribution in [2.24, 2.45) is 0 Å². The molecule has 0 radical (unpaired) electrons. The number of nitrogens with one attached hydrogen (secondary N) is 1. The van der Waals surface area contributed by atoms with Crippen LogP contribution in [0.1, 0.15) is 18.9 Å². The number of carbonyl (C=O) groups excluding carboxylic acids is 1. The van der Waals surface area contributed by atoms with Crippen molar-refractivity contribution < 1.29 is 9.18 Å². The number of rotatable bonds is 6. The Hall–Kier alpha value is -1.17. The highest BCUT2D eigenvalue weighted by Crippen LogP contribution is 2.19. The lowest BCUT2D eigenvalue weighted by Gasteiger charge is -2.34. The van der Waals surface area contributed by atoms with Crippen LogP contribution in [0.15, 0.2) is 18.2 Å². The summed E-state index contributed by atoms with van der Waals surface area (Å²) in [6.07, 6.45) is 0.956. The van der Waals surface area contributed by atoms with Gasteiger partial charge in [0, 0.05) is 44.3 Å². The van der Waals surface area contributed by atoms with E-state index in [-0.39, 0.29) is 11.7 Å². The third-order valence-electron chi connectivity index (χ3n) is 3.81. The minimum absolute atomic E-state index is 0.0943. The molecule has 1 aliphatic heterocycles. The van der Waals surface area contributed by atoms with E-state index in [2.05, 4.69) is 15.1 Å². The fraction of sp³-hybridized carbons (Fsp3) is 0.562. The molecule has 0 unspecified atom stereocenters. The van der Waals surface area contributed by atoms with Crippen molar-refractivity contribution in [3.05, 3.63) is 34.6 Å². The summed E-state index contributed by atoms with van der Waals surface area (Å²) >= 11 is 6.06. The number of hydrogen-bond acceptors (Lipinski definition) is 3. The van der Waals surface area contributed by atoms with E-state index in [4.69, 9.17) is 11.6 Å². The lowest BCUT2D eigenvalue weighted by atomic mass is 10.2. The van der Waals surface area contributed by atoms with E-state index in [1.165, 1.54) is 12.1 Å². The molecule has 0 spiro atoms. The van der Waals surface area contributed by atoms with E-state index in [9.17, 15) is 9.18 Å². The highest BCUT2D eigenvalue weighted by molar-refractivity contribution is 6.31. The third kappa shape index (κ3) is 5.23. The molecule has 4 nitrogen and oxygen atoms in total. The average molecular weight is 328 g/mol.